The number of hydrogen-bond acceptors (Lipinski definition) is 5. The van der Waals surface area contributed by atoms with Gasteiger partial charge in [0.1, 0.15) is 17.9 Å². The number of Topliss-reactive ketones (excluding diaryl/α,β-unsaturated/α-hetero) is 1. The lowest BCUT2D eigenvalue weighted by molar-refractivity contribution is -0.122. The number of ketones is 1. The molecule has 0 unspecified atom stereocenters. The number of benzene rings is 3. The molecule has 4 rings (SSSR count). The van der Waals surface area contributed by atoms with Gasteiger partial charge in [0.2, 0.25) is 0 Å². The molecular formula is C27H22N2O4S. The molecule has 0 aromatic heterocycles. The molecule has 0 bridgehead atoms. The van der Waals surface area contributed by atoms with Crippen molar-refractivity contribution in [1.82, 2.24) is 5.32 Å². The van der Waals surface area contributed by atoms with Gasteiger partial charge in [0.05, 0.1) is 5.69 Å². The Labute approximate surface area is 202 Å². The van der Waals surface area contributed by atoms with Crippen LogP contribution >= 0.6 is 12.2 Å². The highest BCUT2D eigenvalue weighted by Crippen LogP contribution is 2.23. The maximum Gasteiger partial charge on any atom is 0.270 e. The van der Waals surface area contributed by atoms with E-state index in [-0.39, 0.29) is 16.5 Å². The van der Waals surface area contributed by atoms with Crippen molar-refractivity contribution in [3.05, 3.63) is 101 Å². The molecule has 1 fully saturated rings. The first-order valence-electron chi connectivity index (χ1n) is 10.6. The number of aryl methyl sites for hydroxylation is 1. The van der Waals surface area contributed by atoms with Crippen molar-refractivity contribution in [3.8, 4) is 5.75 Å². The molecule has 0 radical (unpaired) electrons. The van der Waals surface area contributed by atoms with E-state index in [1.165, 1.54) is 17.9 Å². The summed E-state index contributed by atoms with van der Waals surface area (Å²) in [7, 11) is 0. The molecule has 1 saturated heterocycles. The third kappa shape index (κ3) is 5.10. The van der Waals surface area contributed by atoms with Crippen LogP contribution in [-0.2, 0) is 16.2 Å². The van der Waals surface area contributed by atoms with Crippen molar-refractivity contribution in [3.63, 3.8) is 0 Å². The lowest BCUT2D eigenvalue weighted by atomic mass is 10.1. The van der Waals surface area contributed by atoms with Crippen molar-refractivity contribution < 1.29 is 19.1 Å². The average Bonchev–Trinajstić information content (AvgIpc) is 2.82. The van der Waals surface area contributed by atoms with Crippen molar-refractivity contribution >= 4 is 46.7 Å². The summed E-state index contributed by atoms with van der Waals surface area (Å²) in [5.74, 6) is -0.396. The molecule has 170 valence electrons. The highest BCUT2D eigenvalue weighted by Gasteiger charge is 2.34. The van der Waals surface area contributed by atoms with E-state index < -0.39 is 11.8 Å². The number of hydrogen-bond donors (Lipinski definition) is 1. The van der Waals surface area contributed by atoms with Crippen LogP contribution < -0.4 is 15.0 Å². The number of nitrogens with one attached hydrogen (secondary N) is 1. The van der Waals surface area contributed by atoms with Crippen LogP contribution in [0.1, 0.15) is 34.0 Å². The van der Waals surface area contributed by atoms with Crippen molar-refractivity contribution in [1.29, 1.82) is 0 Å². The number of carbonyl (C=O) groups excluding carboxylic acids is 3. The third-order valence-corrected chi connectivity index (χ3v) is 5.61. The predicted octanol–water partition coefficient (Wildman–Crippen LogP) is 4.61. The zero-order chi connectivity index (χ0) is 24.2. The van der Waals surface area contributed by atoms with E-state index in [0.717, 1.165) is 11.1 Å². The smallest absolute Gasteiger partial charge is 0.270 e. The molecule has 3 aromatic rings. The maximum absolute atomic E-state index is 13.1. The second-order valence-corrected chi connectivity index (χ2v) is 8.29. The molecule has 2 amide bonds. The molecule has 6 nitrogen and oxygen atoms in total. The van der Waals surface area contributed by atoms with Gasteiger partial charge in [-0.05, 0) is 73.6 Å². The fourth-order valence-corrected chi connectivity index (χ4v) is 3.74. The van der Waals surface area contributed by atoms with Gasteiger partial charge in [0.25, 0.3) is 11.8 Å². The number of rotatable bonds is 6. The summed E-state index contributed by atoms with van der Waals surface area (Å²) in [4.78, 5) is 38.4. The summed E-state index contributed by atoms with van der Waals surface area (Å²) in [6, 6.07) is 21.6. The van der Waals surface area contributed by atoms with E-state index in [0.29, 0.717) is 29.2 Å². The van der Waals surface area contributed by atoms with Crippen LogP contribution in [-0.4, -0.2) is 22.7 Å². The van der Waals surface area contributed by atoms with Gasteiger partial charge in [-0.1, -0.05) is 48.0 Å². The number of amides is 2. The third-order valence-electron chi connectivity index (χ3n) is 5.32. The van der Waals surface area contributed by atoms with Gasteiger partial charge in [-0.3, -0.25) is 24.6 Å². The number of thiocarbonyl (C=S) groups is 1. The van der Waals surface area contributed by atoms with Gasteiger partial charge in [0, 0.05) is 5.56 Å². The molecule has 34 heavy (non-hydrogen) atoms. The molecule has 1 aliphatic heterocycles. The Morgan fingerprint density at radius 2 is 1.74 bits per heavy atom. The standard InChI is InChI=1S/C27H22N2O4S/c1-17-6-10-22(11-7-17)29-26(32)24(25(31)28-27(29)34)15-19-8-12-23(13-9-19)33-16-20-4-3-5-21(14-20)18(2)30/h3-15H,16H2,1-2H3,(H,28,31,34)/b24-15+. The van der Waals surface area contributed by atoms with Crippen LogP contribution in [0.4, 0.5) is 5.69 Å². The van der Waals surface area contributed by atoms with E-state index in [2.05, 4.69) is 5.32 Å². The van der Waals surface area contributed by atoms with E-state index in [9.17, 15) is 14.4 Å². The predicted molar refractivity (Wildman–Crippen MR) is 135 cm³/mol. The largest absolute Gasteiger partial charge is 0.489 e. The highest BCUT2D eigenvalue weighted by atomic mass is 32.1. The fraction of sp³-hybridized carbons (Fsp3) is 0.111. The van der Waals surface area contributed by atoms with E-state index in [1.807, 2.05) is 31.2 Å². The van der Waals surface area contributed by atoms with Gasteiger partial charge in [-0.2, -0.15) is 0 Å². The summed E-state index contributed by atoms with van der Waals surface area (Å²) in [5, 5.41) is 2.64. The Bertz CT molecular complexity index is 1310. The monoisotopic (exact) mass is 470 g/mol. The summed E-state index contributed by atoms with van der Waals surface area (Å²) in [6.07, 6.45) is 1.53. The van der Waals surface area contributed by atoms with Gasteiger partial charge < -0.3 is 4.74 Å². The molecule has 0 spiro atoms. The van der Waals surface area contributed by atoms with Crippen LogP contribution in [0.25, 0.3) is 6.08 Å². The Kier molecular flexibility index (Phi) is 6.65. The average molecular weight is 471 g/mol. The Balaban J connectivity index is 1.49. The highest BCUT2D eigenvalue weighted by molar-refractivity contribution is 7.80. The van der Waals surface area contributed by atoms with Crippen molar-refractivity contribution in [2.75, 3.05) is 4.90 Å². The quantitative estimate of drug-likeness (QED) is 0.247. The van der Waals surface area contributed by atoms with Crippen LogP contribution in [0, 0.1) is 6.92 Å². The maximum atomic E-state index is 13.1. The lowest BCUT2D eigenvalue weighted by Crippen LogP contribution is -2.54. The van der Waals surface area contributed by atoms with Crippen molar-refractivity contribution in [2.24, 2.45) is 0 Å². The Morgan fingerprint density at radius 3 is 2.41 bits per heavy atom. The molecular weight excluding hydrogens is 448 g/mol. The molecule has 3 aromatic carbocycles. The minimum atomic E-state index is -0.538. The van der Waals surface area contributed by atoms with Gasteiger partial charge >= 0.3 is 0 Å². The summed E-state index contributed by atoms with van der Waals surface area (Å²) >= 11 is 5.23. The number of ether oxygens (including phenoxy) is 1. The Morgan fingerprint density at radius 1 is 1.03 bits per heavy atom. The van der Waals surface area contributed by atoms with Crippen molar-refractivity contribution in [2.45, 2.75) is 20.5 Å². The summed E-state index contributed by atoms with van der Waals surface area (Å²) in [6.45, 7) is 3.79. The number of carbonyl (C=O) groups is 3. The van der Waals surface area contributed by atoms with Gasteiger partial charge in [-0.25, -0.2) is 0 Å². The second-order valence-electron chi connectivity index (χ2n) is 7.91. The van der Waals surface area contributed by atoms with E-state index in [1.54, 1.807) is 48.5 Å². The molecule has 1 aliphatic rings. The zero-order valence-electron chi connectivity index (χ0n) is 18.7. The topological polar surface area (TPSA) is 75.7 Å². The minimum Gasteiger partial charge on any atom is -0.489 e. The molecule has 0 atom stereocenters. The second kappa shape index (κ2) is 9.80. The van der Waals surface area contributed by atoms with Crippen LogP contribution in [0.2, 0.25) is 0 Å². The SMILES string of the molecule is CC(=O)c1cccc(COc2ccc(/C=C3\C(=O)NC(=S)N(c4ccc(C)cc4)C3=O)cc2)c1. The minimum absolute atomic E-state index is 0.00208. The number of anilines is 1. The molecule has 7 heteroatoms. The van der Waals surface area contributed by atoms with Crippen LogP contribution in [0.3, 0.4) is 0 Å². The molecule has 0 saturated carbocycles. The zero-order valence-corrected chi connectivity index (χ0v) is 19.5. The first-order valence-corrected chi connectivity index (χ1v) is 11.0. The van der Waals surface area contributed by atoms with Crippen LogP contribution in [0.5, 0.6) is 5.75 Å². The summed E-state index contributed by atoms with van der Waals surface area (Å²) < 4.78 is 5.81. The van der Waals surface area contributed by atoms with E-state index in [4.69, 9.17) is 17.0 Å². The molecule has 1 N–H and O–H groups in total. The fourth-order valence-electron chi connectivity index (χ4n) is 3.46. The Hall–Kier alpha value is -4.10. The van der Waals surface area contributed by atoms with Gasteiger partial charge in [-0.15, -0.1) is 0 Å². The van der Waals surface area contributed by atoms with Crippen LogP contribution in [0.15, 0.2) is 78.4 Å². The van der Waals surface area contributed by atoms with Gasteiger partial charge in [0.15, 0.2) is 10.9 Å². The first-order chi connectivity index (χ1) is 16.3. The number of nitrogens with zero attached hydrogens (tertiary/aromatic N) is 1. The molecule has 0 aliphatic carbocycles. The van der Waals surface area contributed by atoms with E-state index >= 15 is 0 Å². The normalized spacial score (nSPS) is 14.8. The first kappa shape index (κ1) is 23.1. The summed E-state index contributed by atoms with van der Waals surface area (Å²) in [5.41, 5.74) is 3.81. The molecule has 1 heterocycles. The lowest BCUT2D eigenvalue weighted by Gasteiger charge is -2.29.